The molecule has 6 heteroatoms. The Labute approximate surface area is 134 Å². The molecule has 0 saturated carbocycles. The van der Waals surface area contributed by atoms with E-state index in [0.717, 1.165) is 18.4 Å². The molecule has 6 nitrogen and oxygen atoms in total. The molecule has 23 heavy (non-hydrogen) atoms. The summed E-state index contributed by atoms with van der Waals surface area (Å²) in [5.41, 5.74) is 7.28. The lowest BCUT2D eigenvalue weighted by molar-refractivity contribution is 0.1000. The standard InChI is InChI=1S/C17H18N4O2/c18-16(22)13-3-1-4-14(11-13)20-17(23)21-10-2-5-15(21)12-6-8-19-9-7-12/h1,3-4,6-9,11,15H,2,5,10H2,(H2,18,22)(H,20,23). The molecule has 1 aromatic carbocycles. The Bertz CT molecular complexity index is 718. The largest absolute Gasteiger partial charge is 0.366 e. The van der Waals surface area contributed by atoms with Crippen molar-refractivity contribution >= 4 is 17.6 Å². The molecule has 118 valence electrons. The van der Waals surface area contributed by atoms with Gasteiger partial charge in [-0.3, -0.25) is 9.78 Å². The Morgan fingerprint density at radius 3 is 2.74 bits per heavy atom. The van der Waals surface area contributed by atoms with Crippen LogP contribution in [0.1, 0.15) is 34.8 Å². The van der Waals surface area contributed by atoms with Gasteiger partial charge in [0.2, 0.25) is 5.91 Å². The third-order valence-electron chi connectivity index (χ3n) is 4.00. The molecule has 1 fully saturated rings. The van der Waals surface area contributed by atoms with Crippen LogP contribution in [0.15, 0.2) is 48.8 Å². The smallest absolute Gasteiger partial charge is 0.322 e. The van der Waals surface area contributed by atoms with E-state index in [-0.39, 0.29) is 12.1 Å². The summed E-state index contributed by atoms with van der Waals surface area (Å²) in [6.07, 6.45) is 5.36. The molecule has 3 rings (SSSR count). The first-order valence-corrected chi connectivity index (χ1v) is 7.52. The topological polar surface area (TPSA) is 88.3 Å². The predicted octanol–water partition coefficient (Wildman–Crippen LogP) is 2.55. The number of aromatic nitrogens is 1. The van der Waals surface area contributed by atoms with Gasteiger partial charge in [-0.05, 0) is 48.7 Å². The zero-order chi connectivity index (χ0) is 16.2. The van der Waals surface area contributed by atoms with Gasteiger partial charge >= 0.3 is 6.03 Å². The summed E-state index contributed by atoms with van der Waals surface area (Å²) in [7, 11) is 0. The molecule has 1 unspecified atom stereocenters. The second-order valence-electron chi connectivity index (χ2n) is 5.51. The molecule has 2 aromatic rings. The molecule has 0 radical (unpaired) electrons. The summed E-state index contributed by atoms with van der Waals surface area (Å²) in [4.78, 5) is 29.6. The SMILES string of the molecule is NC(=O)c1cccc(NC(=O)N2CCCC2c2ccncc2)c1. The molecular weight excluding hydrogens is 292 g/mol. The number of carbonyl (C=O) groups is 2. The number of primary amides is 1. The first-order chi connectivity index (χ1) is 11.1. The van der Waals surface area contributed by atoms with E-state index >= 15 is 0 Å². The van der Waals surface area contributed by atoms with Gasteiger partial charge in [0.25, 0.3) is 0 Å². The maximum atomic E-state index is 12.6. The Balaban J connectivity index is 1.75. The van der Waals surface area contributed by atoms with E-state index < -0.39 is 5.91 Å². The number of nitrogens with zero attached hydrogens (tertiary/aromatic N) is 2. The van der Waals surface area contributed by atoms with Crippen LogP contribution in [-0.2, 0) is 0 Å². The number of likely N-dealkylation sites (tertiary alicyclic amines) is 1. The number of rotatable bonds is 3. The molecule has 3 N–H and O–H groups in total. The fourth-order valence-electron chi connectivity index (χ4n) is 2.89. The number of anilines is 1. The normalized spacial score (nSPS) is 17.0. The number of hydrogen-bond acceptors (Lipinski definition) is 3. The van der Waals surface area contributed by atoms with Crippen LogP contribution in [0.2, 0.25) is 0 Å². The Morgan fingerprint density at radius 2 is 2.00 bits per heavy atom. The van der Waals surface area contributed by atoms with Crippen molar-refractivity contribution < 1.29 is 9.59 Å². The van der Waals surface area contributed by atoms with Crippen LogP contribution in [-0.4, -0.2) is 28.4 Å². The van der Waals surface area contributed by atoms with Crippen LogP contribution in [0.3, 0.4) is 0 Å². The summed E-state index contributed by atoms with van der Waals surface area (Å²) in [5, 5.41) is 2.84. The Hall–Kier alpha value is -2.89. The molecule has 1 aromatic heterocycles. The highest BCUT2D eigenvalue weighted by molar-refractivity contribution is 5.96. The summed E-state index contributed by atoms with van der Waals surface area (Å²) in [5.74, 6) is -0.517. The zero-order valence-electron chi connectivity index (χ0n) is 12.6. The van der Waals surface area contributed by atoms with Gasteiger partial charge in [-0.2, -0.15) is 0 Å². The van der Waals surface area contributed by atoms with Crippen molar-refractivity contribution in [2.24, 2.45) is 5.73 Å². The van der Waals surface area contributed by atoms with E-state index in [1.165, 1.54) is 0 Å². The van der Waals surface area contributed by atoms with E-state index in [1.807, 2.05) is 17.0 Å². The fourth-order valence-corrected chi connectivity index (χ4v) is 2.89. The summed E-state index contributed by atoms with van der Waals surface area (Å²) < 4.78 is 0. The van der Waals surface area contributed by atoms with E-state index in [0.29, 0.717) is 17.8 Å². The van der Waals surface area contributed by atoms with Crippen molar-refractivity contribution in [1.82, 2.24) is 9.88 Å². The third-order valence-corrected chi connectivity index (χ3v) is 4.00. The van der Waals surface area contributed by atoms with Crippen molar-refractivity contribution in [2.45, 2.75) is 18.9 Å². The number of hydrogen-bond donors (Lipinski definition) is 2. The van der Waals surface area contributed by atoms with Gasteiger partial charge in [-0.1, -0.05) is 6.07 Å². The maximum Gasteiger partial charge on any atom is 0.322 e. The maximum absolute atomic E-state index is 12.6. The highest BCUT2D eigenvalue weighted by Gasteiger charge is 2.29. The van der Waals surface area contributed by atoms with E-state index in [2.05, 4.69) is 10.3 Å². The van der Waals surface area contributed by atoms with Gasteiger partial charge in [0.05, 0.1) is 6.04 Å². The average Bonchev–Trinajstić information content (AvgIpc) is 3.05. The molecular formula is C17H18N4O2. The van der Waals surface area contributed by atoms with Gasteiger partial charge in [0.1, 0.15) is 0 Å². The van der Waals surface area contributed by atoms with Crippen LogP contribution >= 0.6 is 0 Å². The van der Waals surface area contributed by atoms with Crippen molar-refractivity contribution in [1.29, 1.82) is 0 Å². The van der Waals surface area contributed by atoms with Gasteiger partial charge in [-0.25, -0.2) is 4.79 Å². The zero-order valence-corrected chi connectivity index (χ0v) is 12.6. The third kappa shape index (κ3) is 3.31. The molecule has 1 aliphatic heterocycles. The highest BCUT2D eigenvalue weighted by Crippen LogP contribution is 2.32. The number of benzene rings is 1. The van der Waals surface area contributed by atoms with Crippen molar-refractivity contribution in [3.63, 3.8) is 0 Å². The van der Waals surface area contributed by atoms with Crippen molar-refractivity contribution in [2.75, 3.05) is 11.9 Å². The minimum Gasteiger partial charge on any atom is -0.366 e. The minimum absolute atomic E-state index is 0.0531. The lowest BCUT2D eigenvalue weighted by Gasteiger charge is -2.25. The Kier molecular flexibility index (Phi) is 4.23. The number of nitrogens with one attached hydrogen (secondary N) is 1. The number of urea groups is 1. The van der Waals surface area contributed by atoms with Crippen LogP contribution < -0.4 is 11.1 Å². The quantitative estimate of drug-likeness (QED) is 0.913. The van der Waals surface area contributed by atoms with Crippen LogP contribution in [0, 0.1) is 0 Å². The molecule has 1 atom stereocenters. The van der Waals surface area contributed by atoms with E-state index in [4.69, 9.17) is 5.73 Å². The fraction of sp³-hybridized carbons (Fsp3) is 0.235. The van der Waals surface area contributed by atoms with Crippen LogP contribution in [0.25, 0.3) is 0 Å². The van der Waals surface area contributed by atoms with Gasteiger partial charge in [0, 0.05) is 30.2 Å². The molecule has 2 heterocycles. The number of carbonyl (C=O) groups excluding carboxylic acids is 2. The summed E-state index contributed by atoms with van der Waals surface area (Å²) in [6, 6.07) is 10.4. The van der Waals surface area contributed by atoms with E-state index in [9.17, 15) is 9.59 Å². The minimum atomic E-state index is -0.517. The molecule has 3 amide bonds. The van der Waals surface area contributed by atoms with Gasteiger partial charge < -0.3 is 16.0 Å². The van der Waals surface area contributed by atoms with E-state index in [1.54, 1.807) is 36.7 Å². The monoisotopic (exact) mass is 310 g/mol. The number of nitrogens with two attached hydrogens (primary N) is 1. The summed E-state index contributed by atoms with van der Waals surface area (Å²) >= 11 is 0. The lowest BCUT2D eigenvalue weighted by atomic mass is 10.1. The molecule has 1 saturated heterocycles. The summed E-state index contributed by atoms with van der Waals surface area (Å²) in [6.45, 7) is 0.703. The molecule has 1 aliphatic rings. The second-order valence-corrected chi connectivity index (χ2v) is 5.51. The van der Waals surface area contributed by atoms with Crippen molar-refractivity contribution in [3.05, 3.63) is 59.9 Å². The van der Waals surface area contributed by atoms with Crippen molar-refractivity contribution in [3.8, 4) is 0 Å². The molecule has 0 bridgehead atoms. The number of amides is 3. The molecule has 0 spiro atoms. The lowest BCUT2D eigenvalue weighted by Crippen LogP contribution is -2.34. The predicted molar refractivity (Wildman–Crippen MR) is 86.9 cm³/mol. The van der Waals surface area contributed by atoms with Crippen LogP contribution in [0.5, 0.6) is 0 Å². The first-order valence-electron chi connectivity index (χ1n) is 7.52. The van der Waals surface area contributed by atoms with Crippen LogP contribution in [0.4, 0.5) is 10.5 Å². The second kappa shape index (κ2) is 6.48. The molecule has 0 aliphatic carbocycles. The van der Waals surface area contributed by atoms with Gasteiger partial charge in [0.15, 0.2) is 0 Å². The average molecular weight is 310 g/mol. The highest BCUT2D eigenvalue weighted by atomic mass is 16.2. The first kappa shape index (κ1) is 15.0. The number of pyridine rings is 1. The Morgan fingerprint density at radius 1 is 1.22 bits per heavy atom. The van der Waals surface area contributed by atoms with Gasteiger partial charge in [-0.15, -0.1) is 0 Å².